The Hall–Kier alpha value is -3.37. The number of aromatic nitrogens is 1. The molecule has 27 heavy (non-hydrogen) atoms. The lowest BCUT2D eigenvalue weighted by molar-refractivity contribution is 0.102. The van der Waals surface area contributed by atoms with Crippen molar-refractivity contribution in [3.63, 3.8) is 0 Å². The Balaban J connectivity index is 1.73. The molecule has 4 nitrogen and oxygen atoms in total. The predicted molar refractivity (Wildman–Crippen MR) is 107 cm³/mol. The summed E-state index contributed by atoms with van der Waals surface area (Å²) in [6.07, 6.45) is 0. The fourth-order valence-electron chi connectivity index (χ4n) is 2.68. The van der Waals surface area contributed by atoms with Crippen molar-refractivity contribution in [3.8, 4) is 22.7 Å². The molecule has 0 aliphatic carbocycles. The maximum absolute atomic E-state index is 12.6. The van der Waals surface area contributed by atoms with Crippen LogP contribution < -0.4 is 5.32 Å². The van der Waals surface area contributed by atoms with Gasteiger partial charge in [0.2, 0.25) is 11.8 Å². The normalized spacial score (nSPS) is 10.6. The summed E-state index contributed by atoms with van der Waals surface area (Å²) in [5, 5.41) is 3.40. The lowest BCUT2D eigenvalue weighted by Crippen LogP contribution is -2.11. The molecular weight excluding hydrogens is 360 g/mol. The third kappa shape index (κ3) is 3.76. The van der Waals surface area contributed by atoms with Gasteiger partial charge in [-0.25, -0.2) is 4.98 Å². The highest BCUT2D eigenvalue weighted by molar-refractivity contribution is 6.30. The van der Waals surface area contributed by atoms with Gasteiger partial charge in [0.1, 0.15) is 5.69 Å². The molecular formula is C22H15ClN2O2. The largest absolute Gasteiger partial charge is 0.420 e. The Morgan fingerprint density at radius 1 is 0.815 bits per heavy atom. The van der Waals surface area contributed by atoms with E-state index in [1.165, 1.54) is 0 Å². The molecule has 4 aromatic rings. The second-order valence-electron chi connectivity index (χ2n) is 5.89. The van der Waals surface area contributed by atoms with Gasteiger partial charge in [0, 0.05) is 21.7 Å². The van der Waals surface area contributed by atoms with Crippen LogP contribution in [0.1, 0.15) is 10.4 Å². The number of oxazole rings is 1. The van der Waals surface area contributed by atoms with Gasteiger partial charge in [0.05, 0.1) is 0 Å². The molecule has 1 amide bonds. The van der Waals surface area contributed by atoms with E-state index in [2.05, 4.69) is 10.3 Å². The van der Waals surface area contributed by atoms with Gasteiger partial charge in [-0.2, -0.15) is 0 Å². The third-order valence-corrected chi connectivity index (χ3v) is 4.28. The molecule has 0 bridgehead atoms. The number of benzene rings is 3. The number of hydrogen-bond acceptors (Lipinski definition) is 3. The van der Waals surface area contributed by atoms with E-state index in [1.54, 1.807) is 24.3 Å². The van der Waals surface area contributed by atoms with E-state index < -0.39 is 0 Å². The molecule has 0 fully saturated rings. The van der Waals surface area contributed by atoms with Crippen molar-refractivity contribution in [2.75, 3.05) is 5.32 Å². The highest BCUT2D eigenvalue weighted by Gasteiger charge is 2.19. The molecule has 1 heterocycles. The van der Waals surface area contributed by atoms with Crippen molar-refractivity contribution in [1.29, 1.82) is 0 Å². The van der Waals surface area contributed by atoms with E-state index in [1.807, 2.05) is 60.7 Å². The summed E-state index contributed by atoms with van der Waals surface area (Å²) < 4.78 is 5.90. The van der Waals surface area contributed by atoms with Crippen LogP contribution >= 0.6 is 11.6 Å². The van der Waals surface area contributed by atoms with Crippen molar-refractivity contribution in [2.24, 2.45) is 0 Å². The van der Waals surface area contributed by atoms with Gasteiger partial charge in [-0.3, -0.25) is 10.1 Å². The van der Waals surface area contributed by atoms with Gasteiger partial charge in [0.25, 0.3) is 5.91 Å². The molecule has 0 saturated carbocycles. The smallest absolute Gasteiger partial charge is 0.258 e. The summed E-state index contributed by atoms with van der Waals surface area (Å²) in [6, 6.07) is 25.8. The van der Waals surface area contributed by atoms with E-state index in [4.69, 9.17) is 16.0 Å². The van der Waals surface area contributed by atoms with Crippen molar-refractivity contribution in [1.82, 2.24) is 4.98 Å². The average molecular weight is 375 g/mol. The zero-order chi connectivity index (χ0) is 18.6. The van der Waals surface area contributed by atoms with Crippen LogP contribution in [0, 0.1) is 0 Å². The van der Waals surface area contributed by atoms with Crippen molar-refractivity contribution < 1.29 is 9.21 Å². The summed E-state index contributed by atoms with van der Waals surface area (Å²) in [6.45, 7) is 0. The van der Waals surface area contributed by atoms with Crippen molar-refractivity contribution in [2.45, 2.75) is 0 Å². The van der Waals surface area contributed by atoms with Gasteiger partial charge >= 0.3 is 0 Å². The molecule has 3 aromatic carbocycles. The molecule has 0 spiro atoms. The third-order valence-electron chi connectivity index (χ3n) is 4.03. The SMILES string of the molecule is O=C(Nc1oc(-c2ccccc2)nc1-c1ccccc1)c1ccc(Cl)cc1. The number of rotatable bonds is 4. The lowest BCUT2D eigenvalue weighted by atomic mass is 10.1. The minimum Gasteiger partial charge on any atom is -0.420 e. The number of amides is 1. The maximum Gasteiger partial charge on any atom is 0.258 e. The first-order valence-electron chi connectivity index (χ1n) is 8.39. The number of nitrogens with one attached hydrogen (secondary N) is 1. The maximum atomic E-state index is 12.6. The molecule has 0 saturated heterocycles. The zero-order valence-electron chi connectivity index (χ0n) is 14.2. The number of carbonyl (C=O) groups excluding carboxylic acids is 1. The first-order valence-corrected chi connectivity index (χ1v) is 8.77. The molecule has 0 unspecified atom stereocenters. The molecule has 132 valence electrons. The quantitative estimate of drug-likeness (QED) is 0.482. The Morgan fingerprint density at radius 3 is 2.04 bits per heavy atom. The number of anilines is 1. The van der Waals surface area contributed by atoms with Crippen LogP contribution in [0.5, 0.6) is 0 Å². The van der Waals surface area contributed by atoms with Crippen LogP contribution in [0.2, 0.25) is 5.02 Å². The fraction of sp³-hybridized carbons (Fsp3) is 0. The lowest BCUT2D eigenvalue weighted by Gasteiger charge is -2.04. The monoisotopic (exact) mass is 374 g/mol. The number of carbonyl (C=O) groups is 1. The van der Waals surface area contributed by atoms with Crippen LogP contribution in [-0.4, -0.2) is 10.9 Å². The van der Waals surface area contributed by atoms with Crippen LogP contribution in [0.25, 0.3) is 22.7 Å². The van der Waals surface area contributed by atoms with Crippen molar-refractivity contribution >= 4 is 23.4 Å². The number of hydrogen-bond donors (Lipinski definition) is 1. The Kier molecular flexibility index (Phi) is 4.73. The second-order valence-corrected chi connectivity index (χ2v) is 6.33. The number of halogens is 1. The molecule has 1 aromatic heterocycles. The number of nitrogens with zero attached hydrogens (tertiary/aromatic N) is 1. The second kappa shape index (κ2) is 7.48. The Bertz CT molecular complexity index is 1060. The van der Waals surface area contributed by atoms with Crippen LogP contribution in [0.4, 0.5) is 5.88 Å². The molecule has 0 aliphatic heterocycles. The van der Waals surface area contributed by atoms with E-state index in [0.717, 1.165) is 11.1 Å². The van der Waals surface area contributed by atoms with Crippen LogP contribution in [-0.2, 0) is 0 Å². The summed E-state index contributed by atoms with van der Waals surface area (Å²) >= 11 is 5.89. The standard InChI is InChI=1S/C22H15ClN2O2/c23-18-13-11-16(12-14-18)20(26)25-22-19(15-7-3-1-4-8-15)24-21(27-22)17-9-5-2-6-10-17/h1-14H,(H,25,26). The van der Waals surface area contributed by atoms with E-state index >= 15 is 0 Å². The first-order chi connectivity index (χ1) is 13.2. The summed E-state index contributed by atoms with van der Waals surface area (Å²) in [5.74, 6) is 0.459. The van der Waals surface area contributed by atoms with Gasteiger partial charge in [0.15, 0.2) is 0 Å². The van der Waals surface area contributed by atoms with Crippen LogP contribution in [0.3, 0.4) is 0 Å². The van der Waals surface area contributed by atoms with Gasteiger partial charge in [-0.15, -0.1) is 0 Å². The minimum atomic E-state index is -0.292. The highest BCUT2D eigenvalue weighted by Crippen LogP contribution is 2.33. The van der Waals surface area contributed by atoms with Crippen LogP contribution in [0.15, 0.2) is 89.3 Å². The average Bonchev–Trinajstić information content (AvgIpc) is 3.13. The molecule has 1 N–H and O–H groups in total. The topological polar surface area (TPSA) is 55.1 Å². The van der Waals surface area contributed by atoms with E-state index in [-0.39, 0.29) is 5.91 Å². The van der Waals surface area contributed by atoms with Crippen molar-refractivity contribution in [3.05, 3.63) is 95.5 Å². The van der Waals surface area contributed by atoms with Gasteiger partial charge < -0.3 is 4.42 Å². The minimum absolute atomic E-state index is 0.292. The molecule has 4 rings (SSSR count). The fourth-order valence-corrected chi connectivity index (χ4v) is 2.80. The summed E-state index contributed by atoms with van der Waals surface area (Å²) in [5.41, 5.74) is 2.75. The predicted octanol–water partition coefficient (Wildman–Crippen LogP) is 5.91. The summed E-state index contributed by atoms with van der Waals surface area (Å²) in [7, 11) is 0. The summed E-state index contributed by atoms with van der Waals surface area (Å²) in [4.78, 5) is 17.2. The Morgan fingerprint density at radius 2 is 1.41 bits per heavy atom. The van der Waals surface area contributed by atoms with Gasteiger partial charge in [-0.05, 0) is 36.4 Å². The molecule has 5 heteroatoms. The van der Waals surface area contributed by atoms with Gasteiger partial charge in [-0.1, -0.05) is 60.1 Å². The van der Waals surface area contributed by atoms with E-state index in [0.29, 0.717) is 28.1 Å². The highest BCUT2D eigenvalue weighted by atomic mass is 35.5. The first kappa shape index (κ1) is 17.1. The molecule has 0 atom stereocenters. The molecule has 0 radical (unpaired) electrons. The molecule has 0 aliphatic rings. The zero-order valence-corrected chi connectivity index (χ0v) is 15.0. The Labute approximate surface area is 161 Å². The van der Waals surface area contributed by atoms with E-state index in [9.17, 15) is 4.79 Å².